The number of aromatic hydroxyl groups is 1. The monoisotopic (exact) mass is 363 g/mol. The first kappa shape index (κ1) is 17.1. The van der Waals surface area contributed by atoms with Gasteiger partial charge in [0.25, 0.3) is 0 Å². The molecule has 3 aromatic rings. The lowest BCUT2D eigenvalue weighted by Crippen LogP contribution is -2.23. The van der Waals surface area contributed by atoms with Crippen LogP contribution in [0.1, 0.15) is 34.9 Å². The first-order valence-electron chi connectivity index (χ1n) is 8.80. The van der Waals surface area contributed by atoms with E-state index < -0.39 is 0 Å². The maximum Gasteiger partial charge on any atom is 0.225 e. The number of ether oxygens (including phenoxy) is 1. The molecular formula is C21H21N3O3. The number of hydrogen-bond donors (Lipinski definition) is 2. The van der Waals surface area contributed by atoms with Gasteiger partial charge in [-0.2, -0.15) is 5.10 Å². The van der Waals surface area contributed by atoms with E-state index in [9.17, 15) is 9.90 Å². The van der Waals surface area contributed by atoms with Gasteiger partial charge in [0.1, 0.15) is 0 Å². The Kier molecular flexibility index (Phi) is 4.11. The standard InChI is InChI=1S/C21H21N3O3/c1-12-7-13(2)24(23-12)15-6-4-5-14(8-15)16-10-21(26)22-18-11-20(27-3)19(25)9-17(16)18/h4-9,11,16,25H,10H2,1-3H3,(H,22,26). The zero-order chi connectivity index (χ0) is 19.1. The summed E-state index contributed by atoms with van der Waals surface area (Å²) in [7, 11) is 1.49. The minimum atomic E-state index is -0.150. The van der Waals surface area contributed by atoms with Crippen LogP contribution in [-0.2, 0) is 4.79 Å². The fraction of sp³-hybridized carbons (Fsp3) is 0.238. The Morgan fingerprint density at radius 3 is 2.74 bits per heavy atom. The number of phenols is 1. The van der Waals surface area contributed by atoms with Crippen molar-refractivity contribution in [2.24, 2.45) is 0 Å². The third-order valence-corrected chi connectivity index (χ3v) is 4.92. The van der Waals surface area contributed by atoms with E-state index in [-0.39, 0.29) is 17.6 Å². The second-order valence-corrected chi connectivity index (χ2v) is 6.85. The Balaban J connectivity index is 1.81. The highest BCUT2D eigenvalue weighted by atomic mass is 16.5. The SMILES string of the molecule is COc1cc2c(cc1O)C(c1cccc(-n3nc(C)cc3C)c1)CC(=O)N2. The normalized spacial score (nSPS) is 16.0. The number of amides is 1. The van der Waals surface area contributed by atoms with Gasteiger partial charge in [-0.3, -0.25) is 4.79 Å². The quantitative estimate of drug-likeness (QED) is 0.696. The molecule has 1 aliphatic heterocycles. The number of aromatic nitrogens is 2. The van der Waals surface area contributed by atoms with Gasteiger partial charge < -0.3 is 15.2 Å². The molecule has 4 rings (SSSR count). The van der Waals surface area contributed by atoms with Crippen LogP contribution in [0.4, 0.5) is 5.69 Å². The van der Waals surface area contributed by atoms with Gasteiger partial charge in [0.05, 0.1) is 18.5 Å². The molecule has 1 aliphatic rings. The second-order valence-electron chi connectivity index (χ2n) is 6.85. The van der Waals surface area contributed by atoms with Crippen molar-refractivity contribution in [1.82, 2.24) is 9.78 Å². The number of anilines is 1. The summed E-state index contributed by atoms with van der Waals surface area (Å²) in [4.78, 5) is 12.3. The maximum atomic E-state index is 12.3. The van der Waals surface area contributed by atoms with E-state index in [0.29, 0.717) is 17.9 Å². The summed E-state index contributed by atoms with van der Waals surface area (Å²) >= 11 is 0. The van der Waals surface area contributed by atoms with Crippen molar-refractivity contribution >= 4 is 11.6 Å². The van der Waals surface area contributed by atoms with Gasteiger partial charge in [0.2, 0.25) is 5.91 Å². The molecule has 0 bridgehead atoms. The van der Waals surface area contributed by atoms with Crippen LogP contribution in [0.5, 0.6) is 11.5 Å². The zero-order valence-corrected chi connectivity index (χ0v) is 15.5. The largest absolute Gasteiger partial charge is 0.504 e. The number of nitrogens with one attached hydrogen (secondary N) is 1. The van der Waals surface area contributed by atoms with E-state index in [1.54, 1.807) is 12.1 Å². The highest BCUT2D eigenvalue weighted by molar-refractivity contribution is 5.96. The molecule has 2 heterocycles. The molecule has 27 heavy (non-hydrogen) atoms. The number of phenolic OH excluding ortho intramolecular Hbond substituents is 1. The van der Waals surface area contributed by atoms with E-state index in [1.165, 1.54) is 7.11 Å². The third kappa shape index (κ3) is 3.03. The van der Waals surface area contributed by atoms with Crippen LogP contribution < -0.4 is 10.1 Å². The van der Waals surface area contributed by atoms with Crippen molar-refractivity contribution in [2.45, 2.75) is 26.2 Å². The van der Waals surface area contributed by atoms with Crippen molar-refractivity contribution in [2.75, 3.05) is 12.4 Å². The van der Waals surface area contributed by atoms with Crippen molar-refractivity contribution in [3.63, 3.8) is 0 Å². The molecule has 2 aromatic carbocycles. The van der Waals surface area contributed by atoms with Gasteiger partial charge in [0, 0.05) is 29.8 Å². The third-order valence-electron chi connectivity index (χ3n) is 4.92. The molecule has 0 saturated heterocycles. The van der Waals surface area contributed by atoms with Gasteiger partial charge >= 0.3 is 0 Å². The number of fused-ring (bicyclic) bond motifs is 1. The smallest absolute Gasteiger partial charge is 0.225 e. The molecule has 6 heteroatoms. The predicted molar refractivity (Wildman–Crippen MR) is 103 cm³/mol. The average Bonchev–Trinajstić information content (AvgIpc) is 2.99. The lowest BCUT2D eigenvalue weighted by atomic mass is 9.84. The molecule has 1 aromatic heterocycles. The molecule has 1 atom stereocenters. The first-order chi connectivity index (χ1) is 13.0. The molecule has 0 spiro atoms. The van der Waals surface area contributed by atoms with Gasteiger partial charge in [-0.05, 0) is 49.2 Å². The van der Waals surface area contributed by atoms with E-state index in [0.717, 1.165) is 28.2 Å². The number of benzene rings is 2. The number of aryl methyl sites for hydroxylation is 2. The summed E-state index contributed by atoms with van der Waals surface area (Å²) in [5, 5.41) is 17.6. The van der Waals surface area contributed by atoms with Crippen molar-refractivity contribution < 1.29 is 14.6 Å². The number of methoxy groups -OCH3 is 1. The minimum absolute atomic E-state index is 0.0586. The van der Waals surface area contributed by atoms with E-state index >= 15 is 0 Å². The van der Waals surface area contributed by atoms with E-state index in [4.69, 9.17) is 4.74 Å². The molecule has 2 N–H and O–H groups in total. The van der Waals surface area contributed by atoms with E-state index in [2.05, 4.69) is 10.4 Å². The van der Waals surface area contributed by atoms with Crippen LogP contribution in [0.15, 0.2) is 42.5 Å². The number of nitrogens with zero attached hydrogens (tertiary/aromatic N) is 2. The molecule has 0 aliphatic carbocycles. The van der Waals surface area contributed by atoms with Crippen molar-refractivity contribution in [1.29, 1.82) is 0 Å². The molecule has 0 fully saturated rings. The number of rotatable bonds is 3. The Bertz CT molecular complexity index is 1040. The number of hydrogen-bond acceptors (Lipinski definition) is 4. The van der Waals surface area contributed by atoms with Crippen molar-refractivity contribution in [3.05, 3.63) is 65.0 Å². The fourth-order valence-electron chi connectivity index (χ4n) is 3.70. The van der Waals surface area contributed by atoms with Crippen molar-refractivity contribution in [3.8, 4) is 17.2 Å². The lowest BCUT2D eigenvalue weighted by molar-refractivity contribution is -0.116. The molecule has 0 radical (unpaired) electrons. The summed E-state index contributed by atoms with van der Waals surface area (Å²) in [6.45, 7) is 3.98. The Morgan fingerprint density at radius 1 is 1.22 bits per heavy atom. The predicted octanol–water partition coefficient (Wildman–Crippen LogP) is 3.68. The summed E-state index contributed by atoms with van der Waals surface area (Å²) in [6.07, 6.45) is 0.319. The maximum absolute atomic E-state index is 12.3. The molecule has 138 valence electrons. The summed E-state index contributed by atoms with van der Waals surface area (Å²) in [6, 6.07) is 13.4. The molecule has 6 nitrogen and oxygen atoms in total. The second kappa shape index (κ2) is 6.46. The lowest BCUT2D eigenvalue weighted by Gasteiger charge is -2.27. The van der Waals surface area contributed by atoms with Crippen LogP contribution in [0.25, 0.3) is 5.69 Å². The van der Waals surface area contributed by atoms with Gasteiger partial charge in [-0.15, -0.1) is 0 Å². The van der Waals surface area contributed by atoms with Crippen LogP contribution in [0, 0.1) is 13.8 Å². The average molecular weight is 363 g/mol. The zero-order valence-electron chi connectivity index (χ0n) is 15.5. The summed E-state index contributed by atoms with van der Waals surface area (Å²) in [5.41, 5.74) is 5.50. The topological polar surface area (TPSA) is 76.4 Å². The van der Waals surface area contributed by atoms with Crippen LogP contribution in [-0.4, -0.2) is 27.9 Å². The Hall–Kier alpha value is -3.28. The van der Waals surface area contributed by atoms with Crippen LogP contribution in [0.2, 0.25) is 0 Å². The van der Waals surface area contributed by atoms with Gasteiger partial charge in [0.15, 0.2) is 11.5 Å². The Labute approximate surface area is 157 Å². The highest BCUT2D eigenvalue weighted by Crippen LogP contribution is 2.42. The van der Waals surface area contributed by atoms with Gasteiger partial charge in [-0.1, -0.05) is 12.1 Å². The number of carbonyl (C=O) groups excluding carboxylic acids is 1. The highest BCUT2D eigenvalue weighted by Gasteiger charge is 2.28. The van der Waals surface area contributed by atoms with Crippen LogP contribution in [0.3, 0.4) is 0 Å². The number of carbonyl (C=O) groups is 1. The molecule has 1 amide bonds. The molecule has 1 unspecified atom stereocenters. The van der Waals surface area contributed by atoms with Gasteiger partial charge in [-0.25, -0.2) is 4.68 Å². The van der Waals surface area contributed by atoms with E-state index in [1.807, 2.05) is 48.9 Å². The van der Waals surface area contributed by atoms with Crippen LogP contribution >= 0.6 is 0 Å². The summed E-state index contributed by atoms with van der Waals surface area (Å²) in [5.74, 6) is 0.192. The molecular weight excluding hydrogens is 342 g/mol. The first-order valence-corrected chi connectivity index (χ1v) is 8.80. The minimum Gasteiger partial charge on any atom is -0.504 e. The fourth-order valence-corrected chi connectivity index (χ4v) is 3.70. The molecule has 0 saturated carbocycles. The Morgan fingerprint density at radius 2 is 2.04 bits per heavy atom. The summed E-state index contributed by atoms with van der Waals surface area (Å²) < 4.78 is 7.06.